The number of benzene rings is 1. The summed E-state index contributed by atoms with van der Waals surface area (Å²) in [6, 6.07) is 5.66. The van der Waals surface area contributed by atoms with E-state index in [9.17, 15) is 9.59 Å². The van der Waals surface area contributed by atoms with Crippen molar-refractivity contribution in [1.29, 1.82) is 0 Å². The highest BCUT2D eigenvalue weighted by atomic mass is 32.1. The lowest BCUT2D eigenvalue weighted by atomic mass is 10.3. The molecule has 104 valence electrons. The van der Waals surface area contributed by atoms with Gasteiger partial charge in [-0.25, -0.2) is 4.98 Å². The summed E-state index contributed by atoms with van der Waals surface area (Å²) >= 11 is 1.60. The van der Waals surface area contributed by atoms with Gasteiger partial charge < -0.3 is 10.2 Å². The van der Waals surface area contributed by atoms with Gasteiger partial charge in [-0.1, -0.05) is 0 Å². The third-order valence-electron chi connectivity index (χ3n) is 3.28. The molecule has 3 rings (SSSR count). The highest BCUT2D eigenvalue weighted by molar-refractivity contribution is 7.18. The number of carbonyl (C=O) groups excluding carboxylic acids is 2. The number of hydrogen-bond donors (Lipinski definition) is 1. The fourth-order valence-electron chi connectivity index (χ4n) is 2.36. The summed E-state index contributed by atoms with van der Waals surface area (Å²) in [7, 11) is 0. The number of nitrogens with one attached hydrogen (secondary N) is 1. The summed E-state index contributed by atoms with van der Waals surface area (Å²) in [5.74, 6) is -0.0884. The number of rotatable bonds is 3. The molecule has 0 unspecified atom stereocenters. The molecule has 1 aromatic carbocycles. The van der Waals surface area contributed by atoms with Gasteiger partial charge in [0.1, 0.15) is 0 Å². The highest BCUT2D eigenvalue weighted by Gasteiger charge is 2.22. The zero-order chi connectivity index (χ0) is 14.1. The quantitative estimate of drug-likeness (QED) is 0.942. The van der Waals surface area contributed by atoms with Crippen LogP contribution in [-0.4, -0.2) is 34.8 Å². The van der Waals surface area contributed by atoms with E-state index in [1.165, 1.54) is 0 Å². The Kier molecular flexibility index (Phi) is 3.40. The number of anilines is 1. The highest BCUT2D eigenvalue weighted by Crippen LogP contribution is 2.24. The standard InChI is InChI=1S/C14H15N3O2S/c1-9-15-11-5-4-10(7-12(11)20-9)16-13(18)8-17-6-2-3-14(17)19/h4-5,7H,2-3,6,8H2,1H3,(H,16,18). The van der Waals surface area contributed by atoms with E-state index >= 15 is 0 Å². The molecule has 2 heterocycles. The first-order valence-electron chi connectivity index (χ1n) is 6.56. The summed E-state index contributed by atoms with van der Waals surface area (Å²) in [6.07, 6.45) is 1.40. The van der Waals surface area contributed by atoms with E-state index in [-0.39, 0.29) is 18.4 Å². The molecule has 0 aliphatic carbocycles. The Hall–Kier alpha value is -1.95. The number of thiazole rings is 1. The summed E-state index contributed by atoms with van der Waals surface area (Å²) < 4.78 is 1.05. The van der Waals surface area contributed by atoms with E-state index in [2.05, 4.69) is 10.3 Å². The number of aryl methyl sites for hydroxylation is 1. The van der Waals surface area contributed by atoms with Gasteiger partial charge in [-0.05, 0) is 31.5 Å². The zero-order valence-corrected chi connectivity index (χ0v) is 12.0. The Labute approximate surface area is 120 Å². The van der Waals surface area contributed by atoms with E-state index in [0.717, 1.165) is 27.3 Å². The maximum absolute atomic E-state index is 11.9. The minimum atomic E-state index is -0.152. The number of carbonyl (C=O) groups is 2. The summed E-state index contributed by atoms with van der Waals surface area (Å²) in [5, 5.41) is 3.84. The third kappa shape index (κ3) is 2.65. The van der Waals surface area contributed by atoms with Crippen molar-refractivity contribution in [2.45, 2.75) is 19.8 Å². The van der Waals surface area contributed by atoms with Crippen molar-refractivity contribution >= 4 is 39.1 Å². The van der Waals surface area contributed by atoms with Crippen LogP contribution in [0, 0.1) is 6.92 Å². The third-order valence-corrected chi connectivity index (χ3v) is 4.22. The second-order valence-electron chi connectivity index (χ2n) is 4.88. The Morgan fingerprint density at radius 1 is 1.50 bits per heavy atom. The second-order valence-corrected chi connectivity index (χ2v) is 6.12. The summed E-state index contributed by atoms with van der Waals surface area (Å²) in [4.78, 5) is 29.4. The molecule has 0 saturated carbocycles. The van der Waals surface area contributed by atoms with E-state index in [1.54, 1.807) is 16.2 Å². The van der Waals surface area contributed by atoms with Crippen molar-refractivity contribution in [3.8, 4) is 0 Å². The van der Waals surface area contributed by atoms with E-state index in [0.29, 0.717) is 13.0 Å². The molecule has 6 heteroatoms. The van der Waals surface area contributed by atoms with Crippen LogP contribution in [0.4, 0.5) is 5.69 Å². The van der Waals surface area contributed by atoms with Crippen molar-refractivity contribution in [3.63, 3.8) is 0 Å². The lowest BCUT2D eigenvalue weighted by Crippen LogP contribution is -2.33. The number of amides is 2. The van der Waals surface area contributed by atoms with Crippen molar-refractivity contribution in [3.05, 3.63) is 23.2 Å². The molecular weight excluding hydrogens is 274 g/mol. The van der Waals surface area contributed by atoms with Gasteiger partial charge >= 0.3 is 0 Å². The molecule has 5 nitrogen and oxygen atoms in total. The molecule has 1 saturated heterocycles. The normalized spacial score (nSPS) is 15.1. The Morgan fingerprint density at radius 2 is 2.35 bits per heavy atom. The molecular formula is C14H15N3O2S. The fourth-order valence-corrected chi connectivity index (χ4v) is 3.23. The van der Waals surface area contributed by atoms with E-state index < -0.39 is 0 Å². The molecule has 0 atom stereocenters. The topological polar surface area (TPSA) is 62.3 Å². The van der Waals surface area contributed by atoms with Crippen molar-refractivity contribution in [1.82, 2.24) is 9.88 Å². The lowest BCUT2D eigenvalue weighted by molar-refractivity contribution is -0.131. The number of fused-ring (bicyclic) bond motifs is 1. The predicted octanol–water partition coefficient (Wildman–Crippen LogP) is 2.17. The lowest BCUT2D eigenvalue weighted by Gasteiger charge is -2.14. The smallest absolute Gasteiger partial charge is 0.243 e. The summed E-state index contributed by atoms with van der Waals surface area (Å²) in [6.45, 7) is 2.78. The molecule has 1 aliphatic heterocycles. The van der Waals surface area contributed by atoms with Gasteiger partial charge in [0, 0.05) is 18.7 Å². The first kappa shape index (κ1) is 13.1. The minimum absolute atomic E-state index is 0.0636. The van der Waals surface area contributed by atoms with E-state index in [4.69, 9.17) is 0 Å². The number of aromatic nitrogens is 1. The SMILES string of the molecule is Cc1nc2ccc(NC(=O)CN3CCCC3=O)cc2s1. The van der Waals surface area contributed by atoms with Crippen molar-refractivity contribution < 1.29 is 9.59 Å². The molecule has 1 aromatic heterocycles. The van der Waals surface area contributed by atoms with Crippen molar-refractivity contribution in [2.24, 2.45) is 0 Å². The fraction of sp³-hybridized carbons (Fsp3) is 0.357. The van der Waals surface area contributed by atoms with Crippen LogP contribution in [0.1, 0.15) is 17.8 Å². The summed E-state index contributed by atoms with van der Waals surface area (Å²) in [5.41, 5.74) is 1.69. The number of nitrogens with zero attached hydrogens (tertiary/aromatic N) is 2. The van der Waals surface area contributed by atoms with Gasteiger partial charge in [0.05, 0.1) is 21.8 Å². The minimum Gasteiger partial charge on any atom is -0.333 e. The molecule has 1 fully saturated rings. The molecule has 2 amide bonds. The Morgan fingerprint density at radius 3 is 3.10 bits per heavy atom. The van der Waals surface area contributed by atoms with Crippen molar-refractivity contribution in [2.75, 3.05) is 18.4 Å². The van der Waals surface area contributed by atoms with Gasteiger partial charge in [0.2, 0.25) is 11.8 Å². The molecule has 0 radical (unpaired) electrons. The monoisotopic (exact) mass is 289 g/mol. The second kappa shape index (κ2) is 5.20. The van der Waals surface area contributed by atoms with Gasteiger partial charge in [-0.2, -0.15) is 0 Å². The average molecular weight is 289 g/mol. The molecule has 1 aliphatic rings. The van der Waals surface area contributed by atoms with Crippen LogP contribution >= 0.6 is 11.3 Å². The van der Waals surface area contributed by atoms with Crippen LogP contribution in [-0.2, 0) is 9.59 Å². The zero-order valence-electron chi connectivity index (χ0n) is 11.2. The largest absolute Gasteiger partial charge is 0.333 e. The maximum atomic E-state index is 11.9. The van der Waals surface area contributed by atoms with Crippen LogP contribution in [0.2, 0.25) is 0 Å². The number of hydrogen-bond acceptors (Lipinski definition) is 4. The van der Waals surface area contributed by atoms with E-state index in [1.807, 2.05) is 25.1 Å². The first-order chi connectivity index (χ1) is 9.61. The van der Waals surface area contributed by atoms with Crippen LogP contribution in [0.15, 0.2) is 18.2 Å². The van der Waals surface area contributed by atoms with Gasteiger partial charge in [-0.3, -0.25) is 9.59 Å². The van der Waals surface area contributed by atoms with Crippen LogP contribution in [0.25, 0.3) is 10.2 Å². The average Bonchev–Trinajstić information content (AvgIpc) is 2.94. The molecule has 0 bridgehead atoms. The van der Waals surface area contributed by atoms with Crippen LogP contribution < -0.4 is 5.32 Å². The maximum Gasteiger partial charge on any atom is 0.243 e. The molecule has 0 spiro atoms. The predicted molar refractivity (Wildman–Crippen MR) is 78.8 cm³/mol. The first-order valence-corrected chi connectivity index (χ1v) is 7.38. The van der Waals surface area contributed by atoms with Crippen LogP contribution in [0.3, 0.4) is 0 Å². The van der Waals surface area contributed by atoms with Gasteiger partial charge in [-0.15, -0.1) is 11.3 Å². The van der Waals surface area contributed by atoms with Gasteiger partial charge in [0.25, 0.3) is 0 Å². The molecule has 1 N–H and O–H groups in total. The Bertz CT molecular complexity index is 680. The number of likely N-dealkylation sites (tertiary alicyclic amines) is 1. The molecule has 20 heavy (non-hydrogen) atoms. The van der Waals surface area contributed by atoms with Crippen LogP contribution in [0.5, 0.6) is 0 Å². The Balaban J connectivity index is 1.69. The van der Waals surface area contributed by atoms with Gasteiger partial charge in [0.15, 0.2) is 0 Å². The molecule has 2 aromatic rings.